The number of nitrogens with one attached hydrogen (secondary N) is 1. The van der Waals surface area contributed by atoms with Gasteiger partial charge in [-0.3, -0.25) is 4.99 Å². The average Bonchev–Trinajstić information content (AvgIpc) is 2.55. The summed E-state index contributed by atoms with van der Waals surface area (Å²) >= 11 is 0. The lowest BCUT2D eigenvalue weighted by atomic mass is 10.2. The maximum Gasteiger partial charge on any atom is 0.0594 e. The molecule has 2 heterocycles. The fourth-order valence-electron chi connectivity index (χ4n) is 1.45. The SMILES string of the molecule is CC1CCC(c2ccc[nH]2)=N1. The number of aromatic amines is 1. The molecule has 0 bridgehead atoms. The van der Waals surface area contributed by atoms with Crippen LogP contribution in [-0.4, -0.2) is 16.7 Å². The minimum Gasteiger partial charge on any atom is -0.360 e. The van der Waals surface area contributed by atoms with E-state index in [-0.39, 0.29) is 0 Å². The van der Waals surface area contributed by atoms with Gasteiger partial charge in [0.05, 0.1) is 11.4 Å². The molecule has 0 saturated heterocycles. The van der Waals surface area contributed by atoms with E-state index in [1.807, 2.05) is 12.3 Å². The fraction of sp³-hybridized carbons (Fsp3) is 0.444. The van der Waals surface area contributed by atoms with Crippen molar-refractivity contribution in [3.05, 3.63) is 24.0 Å². The minimum absolute atomic E-state index is 0.522. The lowest BCUT2D eigenvalue weighted by molar-refractivity contribution is 0.739. The van der Waals surface area contributed by atoms with Crippen molar-refractivity contribution < 1.29 is 0 Å². The molecule has 1 aliphatic heterocycles. The van der Waals surface area contributed by atoms with Crippen molar-refractivity contribution in [2.24, 2.45) is 4.99 Å². The Bertz CT molecular complexity index is 259. The van der Waals surface area contributed by atoms with E-state index in [9.17, 15) is 0 Å². The monoisotopic (exact) mass is 148 g/mol. The number of H-pyrrole nitrogens is 1. The van der Waals surface area contributed by atoms with E-state index in [0.717, 1.165) is 6.42 Å². The van der Waals surface area contributed by atoms with E-state index in [4.69, 9.17) is 0 Å². The molecule has 11 heavy (non-hydrogen) atoms. The van der Waals surface area contributed by atoms with E-state index in [1.54, 1.807) is 0 Å². The molecule has 2 heteroatoms. The van der Waals surface area contributed by atoms with Crippen LogP contribution in [0.2, 0.25) is 0 Å². The molecule has 1 aliphatic rings. The molecule has 0 fully saturated rings. The van der Waals surface area contributed by atoms with Crippen LogP contribution in [0.5, 0.6) is 0 Å². The zero-order valence-corrected chi connectivity index (χ0v) is 6.67. The summed E-state index contributed by atoms with van der Waals surface area (Å²) < 4.78 is 0. The van der Waals surface area contributed by atoms with Crippen molar-refractivity contribution in [1.29, 1.82) is 0 Å². The van der Waals surface area contributed by atoms with Gasteiger partial charge in [0.15, 0.2) is 0 Å². The van der Waals surface area contributed by atoms with Gasteiger partial charge in [-0.2, -0.15) is 0 Å². The van der Waals surface area contributed by atoms with E-state index in [0.29, 0.717) is 6.04 Å². The van der Waals surface area contributed by atoms with E-state index < -0.39 is 0 Å². The molecule has 2 nitrogen and oxygen atoms in total. The Morgan fingerprint density at radius 3 is 3.09 bits per heavy atom. The van der Waals surface area contributed by atoms with Crippen LogP contribution in [0.1, 0.15) is 25.5 Å². The Labute approximate surface area is 66.4 Å². The minimum atomic E-state index is 0.522. The first-order chi connectivity index (χ1) is 5.36. The average molecular weight is 148 g/mol. The molecule has 0 aromatic carbocycles. The second-order valence-corrected chi connectivity index (χ2v) is 3.05. The van der Waals surface area contributed by atoms with Crippen molar-refractivity contribution in [2.75, 3.05) is 0 Å². The molecule has 1 unspecified atom stereocenters. The summed E-state index contributed by atoms with van der Waals surface area (Å²) in [5.74, 6) is 0. The molecule has 0 radical (unpaired) electrons. The highest BCUT2D eigenvalue weighted by Crippen LogP contribution is 2.16. The predicted octanol–water partition coefficient (Wildman–Crippen LogP) is 1.99. The first-order valence-corrected chi connectivity index (χ1v) is 4.06. The third-order valence-corrected chi connectivity index (χ3v) is 2.08. The lowest BCUT2D eigenvalue weighted by Gasteiger charge is -1.92. The molecule has 1 aromatic heterocycles. The van der Waals surface area contributed by atoms with Crippen LogP contribution < -0.4 is 0 Å². The maximum absolute atomic E-state index is 4.52. The number of hydrogen-bond acceptors (Lipinski definition) is 1. The summed E-state index contributed by atoms with van der Waals surface area (Å²) in [6.07, 6.45) is 4.27. The smallest absolute Gasteiger partial charge is 0.0594 e. The zero-order chi connectivity index (χ0) is 7.68. The molecular weight excluding hydrogens is 136 g/mol. The molecule has 0 spiro atoms. The predicted molar refractivity (Wildman–Crippen MR) is 46.0 cm³/mol. The van der Waals surface area contributed by atoms with Crippen LogP contribution in [0.4, 0.5) is 0 Å². The molecule has 0 amide bonds. The molecule has 1 aromatic rings. The van der Waals surface area contributed by atoms with Crippen LogP contribution in [0.3, 0.4) is 0 Å². The summed E-state index contributed by atoms with van der Waals surface area (Å²) in [7, 11) is 0. The summed E-state index contributed by atoms with van der Waals surface area (Å²) in [6, 6.07) is 4.62. The summed E-state index contributed by atoms with van der Waals surface area (Å²) in [4.78, 5) is 7.69. The van der Waals surface area contributed by atoms with Crippen molar-refractivity contribution in [3.63, 3.8) is 0 Å². The quantitative estimate of drug-likeness (QED) is 0.631. The topological polar surface area (TPSA) is 28.1 Å². The van der Waals surface area contributed by atoms with Gasteiger partial charge in [-0.15, -0.1) is 0 Å². The van der Waals surface area contributed by atoms with E-state index in [1.165, 1.54) is 17.8 Å². The highest BCUT2D eigenvalue weighted by atomic mass is 14.8. The number of rotatable bonds is 1. The molecule has 1 atom stereocenters. The standard InChI is InChI=1S/C9H12N2/c1-7-4-5-9(11-7)8-3-2-6-10-8/h2-3,6-7,10H,4-5H2,1H3. The highest BCUT2D eigenvalue weighted by Gasteiger charge is 2.14. The van der Waals surface area contributed by atoms with Crippen molar-refractivity contribution in [2.45, 2.75) is 25.8 Å². The van der Waals surface area contributed by atoms with Gasteiger partial charge >= 0.3 is 0 Å². The summed E-state index contributed by atoms with van der Waals surface area (Å²) in [5.41, 5.74) is 2.43. The Morgan fingerprint density at radius 1 is 1.64 bits per heavy atom. The van der Waals surface area contributed by atoms with Gasteiger partial charge in [-0.1, -0.05) is 0 Å². The Morgan fingerprint density at radius 2 is 2.55 bits per heavy atom. The van der Waals surface area contributed by atoms with Crippen molar-refractivity contribution in [3.8, 4) is 0 Å². The van der Waals surface area contributed by atoms with Crippen LogP contribution >= 0.6 is 0 Å². The number of aliphatic imine (C=N–C) groups is 1. The van der Waals surface area contributed by atoms with Crippen LogP contribution in [0.15, 0.2) is 23.3 Å². The van der Waals surface area contributed by atoms with E-state index >= 15 is 0 Å². The third-order valence-electron chi connectivity index (χ3n) is 2.08. The number of hydrogen-bond donors (Lipinski definition) is 1. The van der Waals surface area contributed by atoms with Gasteiger partial charge in [0.2, 0.25) is 0 Å². The van der Waals surface area contributed by atoms with Crippen LogP contribution in [0.25, 0.3) is 0 Å². The van der Waals surface area contributed by atoms with Crippen LogP contribution in [-0.2, 0) is 0 Å². The largest absolute Gasteiger partial charge is 0.360 e. The number of aromatic nitrogens is 1. The molecule has 1 N–H and O–H groups in total. The second kappa shape index (κ2) is 2.53. The maximum atomic E-state index is 4.52. The lowest BCUT2D eigenvalue weighted by Crippen LogP contribution is -1.94. The van der Waals surface area contributed by atoms with Gasteiger partial charge < -0.3 is 4.98 Å². The molecule has 58 valence electrons. The first kappa shape index (κ1) is 6.65. The van der Waals surface area contributed by atoms with Crippen LogP contribution in [0, 0.1) is 0 Å². The van der Waals surface area contributed by atoms with Crippen molar-refractivity contribution in [1.82, 2.24) is 4.98 Å². The van der Waals surface area contributed by atoms with Gasteiger partial charge in [-0.25, -0.2) is 0 Å². The Hall–Kier alpha value is -1.05. The van der Waals surface area contributed by atoms with Gasteiger partial charge in [0.25, 0.3) is 0 Å². The Kier molecular flexibility index (Phi) is 1.53. The fourth-order valence-corrected chi connectivity index (χ4v) is 1.45. The third kappa shape index (κ3) is 1.20. The molecule has 0 aliphatic carbocycles. The van der Waals surface area contributed by atoms with Gasteiger partial charge in [0.1, 0.15) is 0 Å². The van der Waals surface area contributed by atoms with Gasteiger partial charge in [-0.05, 0) is 31.9 Å². The molecular formula is C9H12N2. The molecule has 2 rings (SSSR count). The summed E-state index contributed by atoms with van der Waals surface area (Å²) in [6.45, 7) is 2.16. The zero-order valence-electron chi connectivity index (χ0n) is 6.67. The molecule has 0 saturated carbocycles. The number of nitrogens with zero attached hydrogens (tertiary/aromatic N) is 1. The van der Waals surface area contributed by atoms with Gasteiger partial charge in [0, 0.05) is 12.2 Å². The second-order valence-electron chi connectivity index (χ2n) is 3.05. The first-order valence-electron chi connectivity index (χ1n) is 4.06. The normalized spacial score (nSPS) is 23.7. The van der Waals surface area contributed by atoms with E-state index in [2.05, 4.69) is 23.0 Å². The highest BCUT2D eigenvalue weighted by molar-refractivity contribution is 6.00. The Balaban J connectivity index is 2.25. The van der Waals surface area contributed by atoms with Crippen molar-refractivity contribution >= 4 is 5.71 Å². The summed E-state index contributed by atoms with van der Waals surface area (Å²) in [5, 5.41) is 0.